The molecular weight excluding hydrogens is 350 g/mol. The second kappa shape index (κ2) is 6.88. The highest BCUT2D eigenvalue weighted by Crippen LogP contribution is 2.42. The summed E-state index contributed by atoms with van der Waals surface area (Å²) in [4.78, 5) is 15.1. The van der Waals surface area contributed by atoms with Crippen molar-refractivity contribution in [1.29, 1.82) is 0 Å². The Labute approximate surface area is 146 Å². The third-order valence-corrected chi connectivity index (χ3v) is 5.40. The molecule has 0 N–H and O–H groups in total. The Balaban J connectivity index is 1.82. The first-order chi connectivity index (χ1) is 11.1. The lowest BCUT2D eigenvalue weighted by atomic mass is 9.77. The fourth-order valence-electron chi connectivity index (χ4n) is 3.66. The summed E-state index contributed by atoms with van der Waals surface area (Å²) in [6.45, 7) is 0.653. The lowest BCUT2D eigenvalue weighted by Crippen LogP contribution is -2.43. The Hall–Kier alpha value is -1.61. The number of hydrogen-bond acceptors (Lipinski definition) is 1. The highest BCUT2D eigenvalue weighted by Gasteiger charge is 2.43. The smallest absolute Gasteiger partial charge is 0.233 e. The lowest BCUT2D eigenvalue weighted by Gasteiger charge is -2.33. The van der Waals surface area contributed by atoms with Gasteiger partial charge in [-0.2, -0.15) is 0 Å². The number of benzene rings is 2. The quantitative estimate of drug-likeness (QED) is 0.746. The minimum Gasteiger partial charge on any atom is -0.341 e. The zero-order chi connectivity index (χ0) is 16.3. The molecule has 2 nitrogen and oxygen atoms in total. The van der Waals surface area contributed by atoms with Crippen LogP contribution in [0.5, 0.6) is 0 Å². The first-order valence-corrected chi connectivity index (χ1v) is 8.97. The van der Waals surface area contributed by atoms with E-state index in [2.05, 4.69) is 40.2 Å². The molecule has 0 aliphatic heterocycles. The van der Waals surface area contributed by atoms with Crippen molar-refractivity contribution in [3.63, 3.8) is 0 Å². The molecule has 120 valence electrons. The molecule has 0 heterocycles. The normalized spacial score (nSPS) is 16.3. The van der Waals surface area contributed by atoms with Gasteiger partial charge in [0, 0.05) is 18.1 Å². The van der Waals surface area contributed by atoms with E-state index in [1.54, 1.807) is 0 Å². The van der Waals surface area contributed by atoms with E-state index in [4.69, 9.17) is 0 Å². The Morgan fingerprint density at radius 3 is 2.26 bits per heavy atom. The zero-order valence-electron chi connectivity index (χ0n) is 13.5. The van der Waals surface area contributed by atoms with Crippen molar-refractivity contribution < 1.29 is 4.79 Å². The van der Waals surface area contributed by atoms with Gasteiger partial charge in [0.1, 0.15) is 0 Å². The third-order valence-electron chi connectivity index (χ3n) is 4.87. The molecule has 3 rings (SSSR count). The van der Waals surface area contributed by atoms with Gasteiger partial charge >= 0.3 is 0 Å². The molecule has 2 aromatic rings. The van der Waals surface area contributed by atoms with Crippen LogP contribution in [0.3, 0.4) is 0 Å². The summed E-state index contributed by atoms with van der Waals surface area (Å²) in [7, 11) is 1.92. The first-order valence-electron chi connectivity index (χ1n) is 8.17. The monoisotopic (exact) mass is 371 g/mol. The van der Waals surface area contributed by atoms with Crippen LogP contribution in [0, 0.1) is 0 Å². The van der Waals surface area contributed by atoms with Crippen molar-refractivity contribution in [1.82, 2.24) is 4.90 Å². The number of hydrogen-bond donors (Lipinski definition) is 0. The number of amides is 1. The van der Waals surface area contributed by atoms with Crippen molar-refractivity contribution >= 4 is 21.8 Å². The topological polar surface area (TPSA) is 20.3 Å². The second-order valence-electron chi connectivity index (χ2n) is 6.44. The zero-order valence-corrected chi connectivity index (χ0v) is 15.1. The highest BCUT2D eigenvalue weighted by molar-refractivity contribution is 9.10. The number of rotatable bonds is 4. The van der Waals surface area contributed by atoms with E-state index >= 15 is 0 Å². The van der Waals surface area contributed by atoms with Crippen LogP contribution in [0.2, 0.25) is 0 Å². The summed E-state index contributed by atoms with van der Waals surface area (Å²) in [5, 5.41) is 0. The molecule has 0 unspecified atom stereocenters. The summed E-state index contributed by atoms with van der Waals surface area (Å²) >= 11 is 3.45. The third kappa shape index (κ3) is 3.35. The van der Waals surface area contributed by atoms with Gasteiger partial charge in [0.15, 0.2) is 0 Å². The Morgan fingerprint density at radius 2 is 1.65 bits per heavy atom. The van der Waals surface area contributed by atoms with Gasteiger partial charge in [0.2, 0.25) is 5.91 Å². The fourth-order valence-corrected chi connectivity index (χ4v) is 3.93. The van der Waals surface area contributed by atoms with E-state index in [1.165, 1.54) is 5.56 Å². The van der Waals surface area contributed by atoms with Crippen molar-refractivity contribution in [2.45, 2.75) is 37.6 Å². The van der Waals surface area contributed by atoms with Gasteiger partial charge in [-0.25, -0.2) is 0 Å². The predicted octanol–water partition coefficient (Wildman–Crippen LogP) is 4.92. The molecule has 0 atom stereocenters. The molecule has 3 heteroatoms. The first kappa shape index (κ1) is 16.3. The number of nitrogens with zero attached hydrogens (tertiary/aromatic N) is 1. The maximum absolute atomic E-state index is 13.3. The highest BCUT2D eigenvalue weighted by atomic mass is 79.9. The van der Waals surface area contributed by atoms with Crippen molar-refractivity contribution in [2.75, 3.05) is 7.05 Å². The molecule has 1 saturated carbocycles. The fraction of sp³-hybridized carbons (Fsp3) is 0.350. The Morgan fingerprint density at radius 1 is 1.04 bits per heavy atom. The maximum Gasteiger partial charge on any atom is 0.233 e. The molecule has 2 aromatic carbocycles. The minimum atomic E-state index is -0.328. The van der Waals surface area contributed by atoms with E-state index in [1.807, 2.05) is 42.3 Å². The van der Waals surface area contributed by atoms with Crippen molar-refractivity contribution in [2.24, 2.45) is 0 Å². The predicted molar refractivity (Wildman–Crippen MR) is 97.2 cm³/mol. The molecule has 0 saturated heterocycles. The number of carbonyl (C=O) groups excluding carboxylic acids is 1. The number of halogens is 1. The molecule has 1 aliphatic carbocycles. The van der Waals surface area contributed by atoms with E-state index < -0.39 is 0 Å². The van der Waals surface area contributed by atoms with Gasteiger partial charge in [-0.05, 0) is 36.1 Å². The molecule has 0 aromatic heterocycles. The Bertz CT molecular complexity index is 660. The van der Waals surface area contributed by atoms with E-state index in [0.29, 0.717) is 6.54 Å². The standard InChI is InChI=1S/C20H22BrNO/c1-22(15-16-9-11-18(21)12-10-16)19(23)20(13-5-6-14-20)17-7-3-2-4-8-17/h2-4,7-12H,5-6,13-15H2,1H3. The van der Waals surface area contributed by atoms with Crippen LogP contribution < -0.4 is 0 Å². The average Bonchev–Trinajstić information content (AvgIpc) is 3.08. The summed E-state index contributed by atoms with van der Waals surface area (Å²) in [6.07, 6.45) is 4.18. The molecule has 1 amide bonds. The molecule has 1 aliphatic rings. The van der Waals surface area contributed by atoms with Gasteiger partial charge in [-0.15, -0.1) is 0 Å². The van der Waals surface area contributed by atoms with E-state index in [9.17, 15) is 4.79 Å². The molecular formula is C20H22BrNO. The van der Waals surface area contributed by atoms with Crippen LogP contribution in [0.15, 0.2) is 59.1 Å². The molecule has 23 heavy (non-hydrogen) atoms. The van der Waals surface area contributed by atoms with Gasteiger partial charge in [-0.3, -0.25) is 4.79 Å². The summed E-state index contributed by atoms with van der Waals surface area (Å²) in [5.41, 5.74) is 2.00. The summed E-state index contributed by atoms with van der Waals surface area (Å²) in [5.74, 6) is 0.254. The molecule has 0 bridgehead atoms. The molecule has 0 radical (unpaired) electrons. The second-order valence-corrected chi connectivity index (χ2v) is 7.36. The van der Waals surface area contributed by atoms with Crippen LogP contribution in [0.1, 0.15) is 36.8 Å². The average molecular weight is 372 g/mol. The van der Waals surface area contributed by atoms with Crippen LogP contribution in [-0.2, 0) is 16.8 Å². The van der Waals surface area contributed by atoms with Crippen molar-refractivity contribution in [3.05, 3.63) is 70.2 Å². The van der Waals surface area contributed by atoms with Gasteiger partial charge in [-0.1, -0.05) is 71.2 Å². The van der Waals surface area contributed by atoms with Crippen LogP contribution >= 0.6 is 15.9 Å². The van der Waals surface area contributed by atoms with Gasteiger partial charge in [0.05, 0.1) is 5.41 Å². The largest absolute Gasteiger partial charge is 0.341 e. The van der Waals surface area contributed by atoms with Crippen LogP contribution in [0.25, 0.3) is 0 Å². The van der Waals surface area contributed by atoms with E-state index in [0.717, 1.165) is 35.7 Å². The van der Waals surface area contributed by atoms with Gasteiger partial charge < -0.3 is 4.90 Å². The van der Waals surface area contributed by atoms with Gasteiger partial charge in [0.25, 0.3) is 0 Å². The van der Waals surface area contributed by atoms with E-state index in [-0.39, 0.29) is 11.3 Å². The molecule has 0 spiro atoms. The Kier molecular flexibility index (Phi) is 4.86. The number of likely N-dealkylation sites (N-methyl/N-ethyl adjacent to an activating group) is 1. The summed E-state index contributed by atoms with van der Waals surface area (Å²) < 4.78 is 1.06. The minimum absolute atomic E-state index is 0.254. The van der Waals surface area contributed by atoms with Crippen LogP contribution in [-0.4, -0.2) is 17.9 Å². The molecule has 1 fully saturated rings. The summed E-state index contributed by atoms with van der Waals surface area (Å²) in [6, 6.07) is 18.5. The SMILES string of the molecule is CN(Cc1ccc(Br)cc1)C(=O)C1(c2ccccc2)CCCC1. The number of carbonyl (C=O) groups is 1. The van der Waals surface area contributed by atoms with Crippen molar-refractivity contribution in [3.8, 4) is 0 Å². The lowest BCUT2D eigenvalue weighted by molar-refractivity contribution is -0.136. The maximum atomic E-state index is 13.3. The van der Waals surface area contributed by atoms with Crippen LogP contribution in [0.4, 0.5) is 0 Å².